The normalized spacial score (nSPS) is 12.9. The van der Waals surface area contributed by atoms with E-state index in [0.717, 1.165) is 0 Å². The van der Waals surface area contributed by atoms with Gasteiger partial charge in [0.15, 0.2) is 17.5 Å². The Morgan fingerprint density at radius 2 is 1.80 bits per heavy atom. The SMILES string of the molecule is CC(C)(C)OC(=O)N[C@H](CO)c1cc(F)c(F)c(F)c1. The minimum absolute atomic E-state index is 0.102. The first-order valence-electron chi connectivity index (χ1n) is 5.89. The van der Waals surface area contributed by atoms with Crippen LogP contribution in [0.1, 0.15) is 32.4 Å². The highest BCUT2D eigenvalue weighted by Gasteiger charge is 2.22. The molecule has 0 radical (unpaired) electrons. The second kappa shape index (κ2) is 6.13. The van der Waals surface area contributed by atoms with E-state index in [0.29, 0.717) is 12.1 Å². The average molecular weight is 291 g/mol. The molecule has 1 atom stereocenters. The van der Waals surface area contributed by atoms with Gasteiger partial charge in [0.2, 0.25) is 0 Å². The number of rotatable bonds is 3. The highest BCUT2D eigenvalue weighted by Crippen LogP contribution is 2.20. The number of hydrogen-bond acceptors (Lipinski definition) is 3. The zero-order valence-corrected chi connectivity index (χ0v) is 11.3. The summed E-state index contributed by atoms with van der Waals surface area (Å²) in [6.07, 6.45) is -0.860. The lowest BCUT2D eigenvalue weighted by Crippen LogP contribution is -2.36. The smallest absolute Gasteiger partial charge is 0.408 e. The number of aliphatic hydroxyl groups excluding tert-OH is 1. The zero-order valence-electron chi connectivity index (χ0n) is 11.3. The van der Waals surface area contributed by atoms with Gasteiger partial charge in [-0.05, 0) is 38.5 Å². The van der Waals surface area contributed by atoms with Gasteiger partial charge < -0.3 is 15.2 Å². The largest absolute Gasteiger partial charge is 0.444 e. The van der Waals surface area contributed by atoms with Crippen LogP contribution in [-0.4, -0.2) is 23.4 Å². The maximum Gasteiger partial charge on any atom is 0.408 e. The lowest BCUT2D eigenvalue weighted by molar-refractivity contribution is 0.0481. The van der Waals surface area contributed by atoms with Crippen molar-refractivity contribution in [3.63, 3.8) is 0 Å². The van der Waals surface area contributed by atoms with Gasteiger partial charge in [-0.15, -0.1) is 0 Å². The molecule has 0 spiro atoms. The second-order valence-electron chi connectivity index (χ2n) is 5.18. The van der Waals surface area contributed by atoms with Crippen molar-refractivity contribution in [2.24, 2.45) is 0 Å². The number of hydrogen-bond donors (Lipinski definition) is 2. The van der Waals surface area contributed by atoms with Crippen molar-refractivity contribution in [3.8, 4) is 0 Å². The van der Waals surface area contributed by atoms with Crippen molar-refractivity contribution < 1.29 is 27.8 Å². The van der Waals surface area contributed by atoms with Gasteiger partial charge in [0.25, 0.3) is 0 Å². The van der Waals surface area contributed by atoms with Gasteiger partial charge in [-0.2, -0.15) is 0 Å². The predicted molar refractivity (Wildman–Crippen MR) is 65.5 cm³/mol. The van der Waals surface area contributed by atoms with Crippen LogP contribution in [-0.2, 0) is 4.74 Å². The van der Waals surface area contributed by atoms with E-state index < -0.39 is 41.8 Å². The van der Waals surface area contributed by atoms with Crippen LogP contribution < -0.4 is 5.32 Å². The number of carbonyl (C=O) groups excluding carboxylic acids is 1. The van der Waals surface area contributed by atoms with E-state index in [2.05, 4.69) is 5.32 Å². The Labute approximate surface area is 114 Å². The molecule has 0 aromatic heterocycles. The Bertz CT molecular complexity index is 477. The monoisotopic (exact) mass is 291 g/mol. The maximum absolute atomic E-state index is 13.1. The predicted octanol–water partition coefficient (Wildman–Crippen LogP) is 2.66. The van der Waals surface area contributed by atoms with E-state index in [1.807, 2.05) is 0 Å². The second-order valence-corrected chi connectivity index (χ2v) is 5.18. The van der Waals surface area contributed by atoms with E-state index >= 15 is 0 Å². The molecule has 0 bridgehead atoms. The third-order valence-corrected chi connectivity index (χ3v) is 2.28. The molecule has 0 unspecified atom stereocenters. The van der Waals surface area contributed by atoms with Crippen molar-refractivity contribution in [1.29, 1.82) is 0 Å². The van der Waals surface area contributed by atoms with Gasteiger partial charge in [0.1, 0.15) is 5.60 Å². The molecule has 1 amide bonds. The van der Waals surface area contributed by atoms with Gasteiger partial charge >= 0.3 is 6.09 Å². The Morgan fingerprint density at radius 1 is 1.30 bits per heavy atom. The van der Waals surface area contributed by atoms with Crippen LogP contribution in [0.4, 0.5) is 18.0 Å². The van der Waals surface area contributed by atoms with E-state index in [-0.39, 0.29) is 5.56 Å². The van der Waals surface area contributed by atoms with E-state index in [1.165, 1.54) is 0 Å². The Hall–Kier alpha value is -1.76. The molecular formula is C13H16F3NO3. The molecule has 0 aliphatic rings. The van der Waals surface area contributed by atoms with Crippen molar-refractivity contribution in [1.82, 2.24) is 5.32 Å². The van der Waals surface area contributed by atoms with E-state index in [4.69, 9.17) is 9.84 Å². The first kappa shape index (κ1) is 16.3. The van der Waals surface area contributed by atoms with Crippen LogP contribution in [0.5, 0.6) is 0 Å². The summed E-state index contributed by atoms with van der Waals surface area (Å²) in [5, 5.41) is 11.4. The fourth-order valence-corrected chi connectivity index (χ4v) is 1.46. The number of nitrogens with one attached hydrogen (secondary N) is 1. The van der Waals surface area contributed by atoms with Crippen LogP contribution in [0.3, 0.4) is 0 Å². The van der Waals surface area contributed by atoms with Crippen LogP contribution in [0.25, 0.3) is 0 Å². The molecule has 1 rings (SSSR count). The number of ether oxygens (including phenoxy) is 1. The highest BCUT2D eigenvalue weighted by molar-refractivity contribution is 5.68. The molecule has 0 heterocycles. The van der Waals surface area contributed by atoms with Gasteiger partial charge in [-0.3, -0.25) is 0 Å². The van der Waals surface area contributed by atoms with E-state index in [9.17, 15) is 18.0 Å². The summed E-state index contributed by atoms with van der Waals surface area (Å²) in [6, 6.07) is 0.308. The van der Waals surface area contributed by atoms with Crippen molar-refractivity contribution in [3.05, 3.63) is 35.1 Å². The molecule has 0 fully saturated rings. The molecule has 1 aromatic carbocycles. The summed E-state index contributed by atoms with van der Waals surface area (Å²) in [5.74, 6) is -4.41. The number of aliphatic hydroxyl groups is 1. The van der Waals surface area contributed by atoms with Crippen molar-refractivity contribution in [2.75, 3.05) is 6.61 Å². The van der Waals surface area contributed by atoms with E-state index in [1.54, 1.807) is 20.8 Å². The minimum atomic E-state index is -1.61. The lowest BCUT2D eigenvalue weighted by atomic mass is 10.1. The van der Waals surface area contributed by atoms with Gasteiger partial charge in [-0.25, -0.2) is 18.0 Å². The third-order valence-electron chi connectivity index (χ3n) is 2.28. The highest BCUT2D eigenvalue weighted by atomic mass is 19.2. The molecule has 7 heteroatoms. The fourth-order valence-electron chi connectivity index (χ4n) is 1.46. The Kier molecular flexibility index (Phi) is 4.99. The topological polar surface area (TPSA) is 58.6 Å². The van der Waals surface area contributed by atoms with Gasteiger partial charge in [0.05, 0.1) is 12.6 Å². The third kappa shape index (κ3) is 4.41. The number of halogens is 3. The molecule has 0 saturated heterocycles. The van der Waals surface area contributed by atoms with Crippen LogP contribution in [0.15, 0.2) is 12.1 Å². The molecule has 112 valence electrons. The van der Waals surface area contributed by atoms with Crippen molar-refractivity contribution >= 4 is 6.09 Å². The molecular weight excluding hydrogens is 275 g/mol. The maximum atomic E-state index is 13.1. The number of carbonyl (C=O) groups is 1. The lowest BCUT2D eigenvalue weighted by Gasteiger charge is -2.23. The van der Waals surface area contributed by atoms with Gasteiger partial charge in [0, 0.05) is 0 Å². The average Bonchev–Trinajstić information content (AvgIpc) is 2.30. The Morgan fingerprint density at radius 3 is 2.20 bits per heavy atom. The molecule has 20 heavy (non-hydrogen) atoms. The summed E-state index contributed by atoms with van der Waals surface area (Å²) in [5.41, 5.74) is -0.863. The molecule has 0 saturated carbocycles. The van der Waals surface area contributed by atoms with Crippen LogP contribution in [0.2, 0.25) is 0 Å². The van der Waals surface area contributed by atoms with Crippen LogP contribution >= 0.6 is 0 Å². The van der Waals surface area contributed by atoms with Crippen LogP contribution in [0, 0.1) is 17.5 Å². The molecule has 2 N–H and O–H groups in total. The first-order valence-corrected chi connectivity index (χ1v) is 5.89. The summed E-state index contributed by atoms with van der Waals surface area (Å²) < 4.78 is 44.0. The number of benzene rings is 1. The summed E-state index contributed by atoms with van der Waals surface area (Å²) in [6.45, 7) is 4.29. The number of alkyl carbamates (subject to hydrolysis) is 1. The first-order chi connectivity index (χ1) is 9.14. The minimum Gasteiger partial charge on any atom is -0.444 e. The molecule has 4 nitrogen and oxygen atoms in total. The summed E-state index contributed by atoms with van der Waals surface area (Å²) in [4.78, 5) is 11.5. The zero-order chi connectivity index (χ0) is 15.5. The quantitative estimate of drug-likeness (QED) is 0.842. The molecule has 1 aromatic rings. The summed E-state index contributed by atoms with van der Waals surface area (Å²) >= 11 is 0. The summed E-state index contributed by atoms with van der Waals surface area (Å²) in [7, 11) is 0. The fraction of sp³-hybridized carbons (Fsp3) is 0.462. The molecule has 0 aliphatic heterocycles. The number of amides is 1. The van der Waals surface area contributed by atoms with Gasteiger partial charge in [-0.1, -0.05) is 0 Å². The Balaban J connectivity index is 2.89. The van der Waals surface area contributed by atoms with Crippen molar-refractivity contribution in [2.45, 2.75) is 32.4 Å². The molecule has 0 aliphatic carbocycles. The standard InChI is InChI=1S/C13H16F3NO3/c1-13(2,3)20-12(19)17-10(6-18)7-4-8(14)11(16)9(15)5-7/h4-5,10,18H,6H2,1-3H3,(H,17,19)/t10-/m1/s1.